The van der Waals surface area contributed by atoms with Gasteiger partial charge in [-0.25, -0.2) is 9.97 Å². The van der Waals surface area contributed by atoms with Crippen LogP contribution in [0.4, 0.5) is 5.69 Å². The van der Waals surface area contributed by atoms with E-state index in [0.717, 1.165) is 17.2 Å². The highest BCUT2D eigenvalue weighted by molar-refractivity contribution is 5.96. The van der Waals surface area contributed by atoms with Gasteiger partial charge in [0.25, 0.3) is 0 Å². The number of hydrogen-bond donors (Lipinski definition) is 1. The molecule has 1 aliphatic rings. The van der Waals surface area contributed by atoms with Gasteiger partial charge in [-0.1, -0.05) is 18.2 Å². The lowest BCUT2D eigenvalue weighted by molar-refractivity contribution is -0.117. The minimum absolute atomic E-state index is 0.0773. The van der Waals surface area contributed by atoms with Gasteiger partial charge in [-0.3, -0.25) is 4.79 Å². The maximum absolute atomic E-state index is 12.4. The molecule has 0 bridgehead atoms. The van der Waals surface area contributed by atoms with Gasteiger partial charge in [0, 0.05) is 31.0 Å². The standard InChI is InChI=1S/C16H15N5O/c22-15-8-13(10-21(15)12-4-2-1-3-5-12)20-7-6-18-16(20)14-9-17-11-19-14/h1-7,9,11,13H,8,10H2,(H,17,19). The molecule has 0 radical (unpaired) electrons. The maximum atomic E-state index is 12.4. The van der Waals surface area contributed by atoms with E-state index >= 15 is 0 Å². The van der Waals surface area contributed by atoms with E-state index in [9.17, 15) is 4.79 Å². The highest BCUT2D eigenvalue weighted by Crippen LogP contribution is 2.30. The number of rotatable bonds is 3. The normalized spacial score (nSPS) is 18.1. The number of para-hydroxylation sites is 1. The first kappa shape index (κ1) is 12.8. The van der Waals surface area contributed by atoms with Crippen molar-refractivity contribution in [2.45, 2.75) is 12.5 Å². The van der Waals surface area contributed by atoms with Gasteiger partial charge < -0.3 is 14.5 Å². The molecular formula is C16H15N5O. The number of imidazole rings is 2. The quantitative estimate of drug-likeness (QED) is 0.805. The van der Waals surface area contributed by atoms with Crippen LogP contribution in [0.3, 0.4) is 0 Å². The highest BCUT2D eigenvalue weighted by atomic mass is 16.2. The summed E-state index contributed by atoms with van der Waals surface area (Å²) in [6, 6.07) is 9.85. The minimum atomic E-state index is 0.0773. The van der Waals surface area contributed by atoms with Gasteiger partial charge >= 0.3 is 0 Å². The van der Waals surface area contributed by atoms with Crippen LogP contribution in [-0.4, -0.2) is 32.0 Å². The lowest BCUT2D eigenvalue weighted by Gasteiger charge is -2.18. The van der Waals surface area contributed by atoms with Gasteiger partial charge in [-0.05, 0) is 12.1 Å². The molecule has 1 fully saturated rings. The molecule has 6 heteroatoms. The van der Waals surface area contributed by atoms with E-state index in [0.29, 0.717) is 13.0 Å². The van der Waals surface area contributed by atoms with Crippen LogP contribution in [0.2, 0.25) is 0 Å². The van der Waals surface area contributed by atoms with Crippen molar-refractivity contribution in [1.82, 2.24) is 19.5 Å². The summed E-state index contributed by atoms with van der Waals surface area (Å²) in [6.45, 7) is 0.653. The van der Waals surface area contributed by atoms with E-state index in [4.69, 9.17) is 0 Å². The summed E-state index contributed by atoms with van der Waals surface area (Å²) < 4.78 is 2.05. The average molecular weight is 293 g/mol. The minimum Gasteiger partial charge on any atom is -0.342 e. The largest absolute Gasteiger partial charge is 0.342 e. The second-order valence-electron chi connectivity index (χ2n) is 5.32. The third-order valence-corrected chi connectivity index (χ3v) is 3.97. The zero-order valence-corrected chi connectivity index (χ0v) is 11.9. The SMILES string of the molecule is O=C1CC(n2ccnc2-c2cnc[nH]2)CN1c1ccccc1. The van der Waals surface area contributed by atoms with Crippen molar-refractivity contribution in [2.75, 3.05) is 11.4 Å². The predicted molar refractivity (Wildman–Crippen MR) is 82.3 cm³/mol. The number of anilines is 1. The molecule has 1 unspecified atom stereocenters. The second-order valence-corrected chi connectivity index (χ2v) is 5.32. The van der Waals surface area contributed by atoms with E-state index in [1.54, 1.807) is 18.7 Å². The number of carbonyl (C=O) groups is 1. The summed E-state index contributed by atoms with van der Waals surface area (Å²) >= 11 is 0. The molecule has 1 N–H and O–H groups in total. The van der Waals surface area contributed by atoms with Crippen molar-refractivity contribution in [3.63, 3.8) is 0 Å². The van der Waals surface area contributed by atoms with E-state index in [2.05, 4.69) is 15.0 Å². The molecule has 22 heavy (non-hydrogen) atoms. The highest BCUT2D eigenvalue weighted by Gasteiger charge is 2.32. The third kappa shape index (κ3) is 2.09. The van der Waals surface area contributed by atoms with Crippen LogP contribution in [0.15, 0.2) is 55.2 Å². The first-order valence-electron chi connectivity index (χ1n) is 7.20. The van der Waals surface area contributed by atoms with Gasteiger partial charge in [0.15, 0.2) is 5.82 Å². The lowest BCUT2D eigenvalue weighted by Crippen LogP contribution is -2.24. The van der Waals surface area contributed by atoms with Gasteiger partial charge in [0.2, 0.25) is 5.91 Å². The first-order chi connectivity index (χ1) is 10.8. The van der Waals surface area contributed by atoms with Crippen molar-refractivity contribution < 1.29 is 4.79 Å². The molecule has 1 saturated heterocycles. The molecule has 1 aliphatic heterocycles. The average Bonchev–Trinajstić information content (AvgIpc) is 3.27. The number of hydrogen-bond acceptors (Lipinski definition) is 3. The molecule has 0 saturated carbocycles. The smallest absolute Gasteiger partial charge is 0.229 e. The van der Waals surface area contributed by atoms with Crippen molar-refractivity contribution in [1.29, 1.82) is 0 Å². The van der Waals surface area contributed by atoms with Crippen LogP contribution < -0.4 is 4.90 Å². The van der Waals surface area contributed by atoms with Crippen LogP contribution in [0.25, 0.3) is 11.5 Å². The summed E-state index contributed by atoms with van der Waals surface area (Å²) in [6.07, 6.45) is 7.52. The molecule has 1 atom stereocenters. The fraction of sp³-hybridized carbons (Fsp3) is 0.188. The Balaban J connectivity index is 1.64. The monoisotopic (exact) mass is 293 g/mol. The van der Waals surface area contributed by atoms with Crippen molar-refractivity contribution in [2.24, 2.45) is 0 Å². The molecule has 1 amide bonds. The Morgan fingerprint density at radius 3 is 2.86 bits per heavy atom. The third-order valence-electron chi connectivity index (χ3n) is 3.97. The molecule has 1 aromatic carbocycles. The Hall–Kier alpha value is -2.89. The number of benzene rings is 1. The zero-order valence-electron chi connectivity index (χ0n) is 11.9. The molecule has 110 valence electrons. The van der Waals surface area contributed by atoms with E-state index in [1.807, 2.05) is 46.0 Å². The molecule has 2 aromatic heterocycles. The van der Waals surface area contributed by atoms with Crippen LogP contribution in [0, 0.1) is 0 Å². The van der Waals surface area contributed by atoms with E-state index in [-0.39, 0.29) is 11.9 Å². The number of amides is 1. The topological polar surface area (TPSA) is 66.8 Å². The van der Waals surface area contributed by atoms with E-state index in [1.165, 1.54) is 0 Å². The number of aromatic nitrogens is 4. The number of nitrogens with one attached hydrogen (secondary N) is 1. The van der Waals surface area contributed by atoms with Crippen molar-refractivity contribution in [3.8, 4) is 11.5 Å². The Kier molecular flexibility index (Phi) is 3.00. The van der Waals surface area contributed by atoms with Crippen LogP contribution >= 0.6 is 0 Å². The number of H-pyrrole nitrogens is 1. The maximum Gasteiger partial charge on any atom is 0.229 e. The van der Waals surface area contributed by atoms with Crippen molar-refractivity contribution >= 4 is 11.6 Å². The Bertz CT molecular complexity index is 778. The van der Waals surface area contributed by atoms with Gasteiger partial charge in [-0.15, -0.1) is 0 Å². The molecular weight excluding hydrogens is 278 g/mol. The number of nitrogens with zero attached hydrogens (tertiary/aromatic N) is 4. The summed E-state index contributed by atoms with van der Waals surface area (Å²) in [4.78, 5) is 25.7. The van der Waals surface area contributed by atoms with E-state index < -0.39 is 0 Å². The Morgan fingerprint density at radius 2 is 2.09 bits per heavy atom. The summed E-state index contributed by atoms with van der Waals surface area (Å²) in [7, 11) is 0. The van der Waals surface area contributed by atoms with Crippen LogP contribution in [0.1, 0.15) is 12.5 Å². The Morgan fingerprint density at radius 1 is 1.23 bits per heavy atom. The van der Waals surface area contributed by atoms with Crippen LogP contribution in [-0.2, 0) is 4.79 Å². The summed E-state index contributed by atoms with van der Waals surface area (Å²) in [5.74, 6) is 0.950. The molecule has 0 spiro atoms. The van der Waals surface area contributed by atoms with Crippen LogP contribution in [0.5, 0.6) is 0 Å². The summed E-state index contributed by atoms with van der Waals surface area (Å²) in [5, 5.41) is 0. The fourth-order valence-corrected chi connectivity index (χ4v) is 2.93. The fourth-order valence-electron chi connectivity index (χ4n) is 2.93. The number of carbonyl (C=O) groups excluding carboxylic acids is 1. The lowest BCUT2D eigenvalue weighted by atomic mass is 10.2. The molecule has 3 aromatic rings. The Labute approximate surface area is 127 Å². The summed E-state index contributed by atoms with van der Waals surface area (Å²) in [5.41, 5.74) is 1.80. The molecule has 6 nitrogen and oxygen atoms in total. The van der Waals surface area contributed by atoms with Gasteiger partial charge in [0.05, 0.1) is 18.6 Å². The second kappa shape index (κ2) is 5.14. The van der Waals surface area contributed by atoms with Crippen molar-refractivity contribution in [3.05, 3.63) is 55.2 Å². The first-order valence-corrected chi connectivity index (χ1v) is 7.20. The molecule has 3 heterocycles. The number of aromatic amines is 1. The van der Waals surface area contributed by atoms with Gasteiger partial charge in [0.1, 0.15) is 5.69 Å². The van der Waals surface area contributed by atoms with Gasteiger partial charge in [-0.2, -0.15) is 0 Å². The molecule has 0 aliphatic carbocycles. The zero-order chi connectivity index (χ0) is 14.9. The predicted octanol–water partition coefficient (Wildman–Crippen LogP) is 2.25. The molecule has 4 rings (SSSR count).